The van der Waals surface area contributed by atoms with Crippen LogP contribution in [-0.4, -0.2) is 28.2 Å². The quantitative estimate of drug-likeness (QED) is 0.268. The topological polar surface area (TPSA) is 54.1 Å². The van der Waals surface area contributed by atoms with E-state index in [-0.39, 0.29) is 5.57 Å². The SMILES string of the molecule is CN(C)c1ccc(-c2ccc3c(c2)C(=C(C#N)C#N)c2cc(-c4ccc(N(C)C)cc4)ccc2-3)cc1. The van der Waals surface area contributed by atoms with E-state index in [4.69, 9.17) is 0 Å². The minimum atomic E-state index is 0.134. The van der Waals surface area contributed by atoms with Crippen LogP contribution in [0.5, 0.6) is 0 Å². The van der Waals surface area contributed by atoms with E-state index in [0.717, 1.165) is 55.9 Å². The Labute approximate surface area is 212 Å². The third-order valence-electron chi connectivity index (χ3n) is 6.78. The summed E-state index contributed by atoms with van der Waals surface area (Å²) in [6, 6.07) is 33.7. The zero-order valence-electron chi connectivity index (χ0n) is 20.9. The van der Waals surface area contributed by atoms with Gasteiger partial charge in [-0.2, -0.15) is 10.5 Å². The second-order valence-corrected chi connectivity index (χ2v) is 9.38. The van der Waals surface area contributed by atoms with Crippen molar-refractivity contribution in [3.05, 3.63) is 102 Å². The molecule has 5 rings (SSSR count). The van der Waals surface area contributed by atoms with Gasteiger partial charge in [0.15, 0.2) is 0 Å². The number of hydrogen-bond acceptors (Lipinski definition) is 4. The van der Waals surface area contributed by atoms with Crippen LogP contribution in [0.3, 0.4) is 0 Å². The van der Waals surface area contributed by atoms with E-state index in [1.165, 1.54) is 0 Å². The predicted molar refractivity (Wildman–Crippen MR) is 149 cm³/mol. The van der Waals surface area contributed by atoms with Gasteiger partial charge in [0.2, 0.25) is 0 Å². The number of nitrogens with zero attached hydrogens (tertiary/aromatic N) is 4. The Kier molecular flexibility index (Phi) is 5.80. The van der Waals surface area contributed by atoms with Gasteiger partial charge in [0.05, 0.1) is 0 Å². The van der Waals surface area contributed by atoms with Gasteiger partial charge >= 0.3 is 0 Å². The first-order chi connectivity index (χ1) is 17.4. The van der Waals surface area contributed by atoms with Crippen LogP contribution >= 0.6 is 0 Å². The van der Waals surface area contributed by atoms with E-state index in [1.54, 1.807) is 0 Å². The highest BCUT2D eigenvalue weighted by atomic mass is 15.1. The smallest absolute Gasteiger partial charge is 0.138 e. The minimum absolute atomic E-state index is 0.134. The molecule has 0 N–H and O–H groups in total. The summed E-state index contributed by atoms with van der Waals surface area (Å²) in [7, 11) is 8.09. The molecule has 4 aromatic carbocycles. The van der Waals surface area contributed by atoms with Crippen molar-refractivity contribution in [3.63, 3.8) is 0 Å². The zero-order valence-corrected chi connectivity index (χ0v) is 20.9. The fraction of sp³-hybridized carbons (Fsp3) is 0.125. The monoisotopic (exact) mass is 466 g/mol. The van der Waals surface area contributed by atoms with Gasteiger partial charge in [0, 0.05) is 45.1 Å². The molecule has 0 fully saturated rings. The van der Waals surface area contributed by atoms with E-state index >= 15 is 0 Å². The summed E-state index contributed by atoms with van der Waals surface area (Å²) in [6.45, 7) is 0. The van der Waals surface area contributed by atoms with Crippen LogP contribution in [0, 0.1) is 22.7 Å². The van der Waals surface area contributed by atoms with Crippen molar-refractivity contribution in [2.45, 2.75) is 0 Å². The molecule has 0 radical (unpaired) electrons. The molecule has 0 saturated heterocycles. The first-order valence-corrected chi connectivity index (χ1v) is 11.8. The molecule has 0 amide bonds. The van der Waals surface area contributed by atoms with Crippen molar-refractivity contribution in [1.82, 2.24) is 0 Å². The number of anilines is 2. The summed E-state index contributed by atoms with van der Waals surface area (Å²) in [5.74, 6) is 0. The highest BCUT2D eigenvalue weighted by molar-refractivity contribution is 6.05. The number of rotatable bonds is 4. The maximum atomic E-state index is 9.84. The van der Waals surface area contributed by atoms with Crippen molar-refractivity contribution < 1.29 is 0 Å². The number of hydrogen-bond donors (Lipinski definition) is 0. The molecule has 4 aromatic rings. The van der Waals surface area contributed by atoms with Gasteiger partial charge < -0.3 is 9.80 Å². The molecule has 0 saturated carbocycles. The van der Waals surface area contributed by atoms with Crippen molar-refractivity contribution >= 4 is 16.9 Å². The predicted octanol–water partition coefficient (Wildman–Crippen LogP) is 6.98. The molecule has 36 heavy (non-hydrogen) atoms. The first-order valence-electron chi connectivity index (χ1n) is 11.8. The minimum Gasteiger partial charge on any atom is -0.378 e. The van der Waals surface area contributed by atoms with Crippen LogP contribution in [0.2, 0.25) is 0 Å². The molecule has 0 unspecified atom stereocenters. The van der Waals surface area contributed by atoms with E-state index in [0.29, 0.717) is 5.57 Å². The molecule has 0 aliphatic heterocycles. The molecule has 1 aliphatic rings. The van der Waals surface area contributed by atoms with Crippen LogP contribution in [0.1, 0.15) is 11.1 Å². The maximum Gasteiger partial charge on any atom is 0.138 e. The van der Waals surface area contributed by atoms with E-state index in [9.17, 15) is 10.5 Å². The summed E-state index contributed by atoms with van der Waals surface area (Å²) in [5.41, 5.74) is 11.4. The lowest BCUT2D eigenvalue weighted by molar-refractivity contribution is 1.13. The summed E-state index contributed by atoms with van der Waals surface area (Å²) in [5, 5.41) is 19.7. The molecule has 174 valence electrons. The Morgan fingerprint density at radius 1 is 0.500 bits per heavy atom. The highest BCUT2D eigenvalue weighted by Gasteiger charge is 2.27. The Balaban J connectivity index is 1.63. The van der Waals surface area contributed by atoms with Crippen molar-refractivity contribution in [1.29, 1.82) is 10.5 Å². The summed E-state index contributed by atoms with van der Waals surface area (Å²) < 4.78 is 0. The van der Waals surface area contributed by atoms with Gasteiger partial charge in [-0.1, -0.05) is 48.5 Å². The van der Waals surface area contributed by atoms with Crippen molar-refractivity contribution in [2.24, 2.45) is 0 Å². The van der Waals surface area contributed by atoms with E-state index in [2.05, 4.69) is 107 Å². The number of fused-ring (bicyclic) bond motifs is 3. The van der Waals surface area contributed by atoms with Crippen molar-refractivity contribution in [3.8, 4) is 45.5 Å². The van der Waals surface area contributed by atoms with Gasteiger partial charge in [-0.05, 0) is 80.9 Å². The third kappa shape index (κ3) is 3.90. The number of nitriles is 2. The first kappa shape index (κ1) is 23.0. The number of allylic oxidation sites excluding steroid dienone is 1. The van der Waals surface area contributed by atoms with Gasteiger partial charge in [0.1, 0.15) is 17.7 Å². The van der Waals surface area contributed by atoms with E-state index in [1.807, 2.05) is 28.2 Å². The molecule has 0 atom stereocenters. The Morgan fingerprint density at radius 3 is 1.19 bits per heavy atom. The lowest BCUT2D eigenvalue weighted by Crippen LogP contribution is -2.07. The second kappa shape index (κ2) is 9.10. The third-order valence-corrected chi connectivity index (χ3v) is 6.78. The molecular weight excluding hydrogens is 440 g/mol. The van der Waals surface area contributed by atoms with Crippen LogP contribution in [-0.2, 0) is 0 Å². The maximum absolute atomic E-state index is 9.84. The number of benzene rings is 4. The largest absolute Gasteiger partial charge is 0.378 e. The lowest BCUT2D eigenvalue weighted by Gasteiger charge is -2.13. The molecule has 0 spiro atoms. The normalized spacial score (nSPS) is 11.2. The Hall–Kier alpha value is -4.80. The molecule has 4 heteroatoms. The molecule has 1 aliphatic carbocycles. The standard InChI is InChI=1S/C32H26N4/c1-35(2)26-11-5-21(6-12-26)23-9-15-28-29-16-10-24(22-7-13-27(14-8-22)36(3)4)18-31(29)32(30(28)17-23)25(19-33)20-34/h5-18H,1-4H3. The molecule has 4 nitrogen and oxygen atoms in total. The van der Waals surface area contributed by atoms with Gasteiger partial charge in [0.25, 0.3) is 0 Å². The second-order valence-electron chi connectivity index (χ2n) is 9.38. The Bertz CT molecular complexity index is 1460. The zero-order chi connectivity index (χ0) is 25.4. The molecule has 0 aromatic heterocycles. The van der Waals surface area contributed by atoms with Crippen LogP contribution in [0.15, 0.2) is 90.5 Å². The van der Waals surface area contributed by atoms with Crippen molar-refractivity contribution in [2.75, 3.05) is 38.0 Å². The van der Waals surface area contributed by atoms with Crippen LogP contribution in [0.25, 0.3) is 39.0 Å². The molecular formula is C32H26N4. The average molecular weight is 467 g/mol. The summed E-state index contributed by atoms with van der Waals surface area (Å²) >= 11 is 0. The summed E-state index contributed by atoms with van der Waals surface area (Å²) in [6.07, 6.45) is 0. The fourth-order valence-corrected chi connectivity index (χ4v) is 4.79. The molecule has 0 bridgehead atoms. The fourth-order valence-electron chi connectivity index (χ4n) is 4.79. The molecule has 0 heterocycles. The summed E-state index contributed by atoms with van der Waals surface area (Å²) in [4.78, 5) is 4.14. The van der Waals surface area contributed by atoms with Gasteiger partial charge in [-0.25, -0.2) is 0 Å². The van der Waals surface area contributed by atoms with Gasteiger partial charge in [-0.3, -0.25) is 0 Å². The highest BCUT2D eigenvalue weighted by Crippen LogP contribution is 2.48. The van der Waals surface area contributed by atoms with Gasteiger partial charge in [-0.15, -0.1) is 0 Å². The average Bonchev–Trinajstić information content (AvgIpc) is 3.22. The Morgan fingerprint density at radius 2 is 0.861 bits per heavy atom. The van der Waals surface area contributed by atoms with E-state index < -0.39 is 0 Å². The van der Waals surface area contributed by atoms with Crippen LogP contribution in [0.4, 0.5) is 11.4 Å². The van der Waals surface area contributed by atoms with Crippen LogP contribution < -0.4 is 9.80 Å². The lowest BCUT2D eigenvalue weighted by atomic mass is 9.94.